The van der Waals surface area contributed by atoms with Gasteiger partial charge in [0.05, 0.1) is 11.0 Å². The van der Waals surface area contributed by atoms with E-state index < -0.39 is 0 Å². The maximum absolute atomic E-state index is 12.1. The van der Waals surface area contributed by atoms with Gasteiger partial charge in [-0.1, -0.05) is 25.5 Å². The van der Waals surface area contributed by atoms with Crippen LogP contribution in [0.2, 0.25) is 0 Å². The van der Waals surface area contributed by atoms with Crippen molar-refractivity contribution < 1.29 is 4.79 Å². The fourth-order valence-electron chi connectivity index (χ4n) is 2.50. The summed E-state index contributed by atoms with van der Waals surface area (Å²) in [5.41, 5.74) is 2.04. The first-order chi connectivity index (χ1) is 9.29. The van der Waals surface area contributed by atoms with E-state index in [0.717, 1.165) is 36.8 Å². The Kier molecular flexibility index (Phi) is 3.23. The van der Waals surface area contributed by atoms with Crippen molar-refractivity contribution in [2.75, 3.05) is 5.32 Å². The fourth-order valence-corrected chi connectivity index (χ4v) is 2.50. The molecule has 1 saturated carbocycles. The van der Waals surface area contributed by atoms with Gasteiger partial charge in [0.15, 0.2) is 0 Å². The number of imidazole rings is 1. The van der Waals surface area contributed by atoms with E-state index in [9.17, 15) is 4.79 Å². The lowest BCUT2D eigenvalue weighted by molar-refractivity contribution is -0.122. The van der Waals surface area contributed by atoms with E-state index in [1.807, 2.05) is 18.2 Å². The van der Waals surface area contributed by atoms with Gasteiger partial charge in [-0.25, -0.2) is 4.98 Å². The van der Waals surface area contributed by atoms with E-state index in [4.69, 9.17) is 0 Å². The lowest BCUT2D eigenvalue weighted by Crippen LogP contribution is -2.29. The number of aryl methyl sites for hydroxylation is 1. The molecule has 2 aromatic rings. The number of aromatic nitrogens is 2. The molecule has 0 unspecified atom stereocenters. The quantitative estimate of drug-likeness (QED) is 0.914. The summed E-state index contributed by atoms with van der Waals surface area (Å²) >= 11 is 0. The van der Waals surface area contributed by atoms with Crippen LogP contribution in [0.4, 0.5) is 5.95 Å². The van der Waals surface area contributed by atoms with Crippen LogP contribution in [0.25, 0.3) is 11.0 Å². The third kappa shape index (κ3) is 2.23. The predicted molar refractivity (Wildman–Crippen MR) is 76.0 cm³/mol. The molecule has 0 aliphatic heterocycles. The van der Waals surface area contributed by atoms with Gasteiger partial charge in [0.1, 0.15) is 0 Å². The fraction of sp³-hybridized carbons (Fsp3) is 0.467. The Labute approximate surface area is 112 Å². The Morgan fingerprint density at radius 2 is 2.21 bits per heavy atom. The molecule has 1 aromatic carbocycles. The van der Waals surface area contributed by atoms with Gasteiger partial charge < -0.3 is 4.57 Å². The number of rotatable bonds is 4. The summed E-state index contributed by atoms with van der Waals surface area (Å²) in [6, 6.07) is 8.02. The summed E-state index contributed by atoms with van der Waals surface area (Å²) in [4.78, 5) is 16.6. The van der Waals surface area contributed by atoms with Crippen LogP contribution in [-0.4, -0.2) is 15.5 Å². The van der Waals surface area contributed by atoms with Crippen LogP contribution in [-0.2, 0) is 11.3 Å². The van der Waals surface area contributed by atoms with E-state index in [0.29, 0.717) is 5.95 Å². The summed E-state index contributed by atoms with van der Waals surface area (Å²) in [6.45, 7) is 3.01. The number of nitrogens with one attached hydrogen (secondary N) is 1. The number of hydrogen-bond acceptors (Lipinski definition) is 2. The third-order valence-electron chi connectivity index (χ3n) is 3.81. The molecule has 4 nitrogen and oxygen atoms in total. The van der Waals surface area contributed by atoms with E-state index in [1.54, 1.807) is 0 Å². The minimum Gasteiger partial charge on any atom is -0.310 e. The molecule has 19 heavy (non-hydrogen) atoms. The molecular formula is C15H19N3O. The highest BCUT2D eigenvalue weighted by Crippen LogP contribution is 2.28. The average Bonchev–Trinajstić information content (AvgIpc) is 2.66. The highest BCUT2D eigenvalue weighted by molar-refractivity contribution is 5.93. The van der Waals surface area contributed by atoms with Gasteiger partial charge >= 0.3 is 0 Å². The first kappa shape index (κ1) is 12.2. The largest absolute Gasteiger partial charge is 0.310 e. The highest BCUT2D eigenvalue weighted by atomic mass is 16.2. The molecule has 0 radical (unpaired) electrons. The van der Waals surface area contributed by atoms with Crippen LogP contribution in [0.5, 0.6) is 0 Å². The molecular weight excluding hydrogens is 238 g/mol. The predicted octanol–water partition coefficient (Wildman–Crippen LogP) is 3.18. The molecule has 1 N–H and O–H groups in total. The van der Waals surface area contributed by atoms with Gasteiger partial charge in [-0.05, 0) is 31.4 Å². The van der Waals surface area contributed by atoms with Crippen LogP contribution >= 0.6 is 0 Å². The summed E-state index contributed by atoms with van der Waals surface area (Å²) < 4.78 is 2.10. The molecule has 0 atom stereocenters. The molecule has 3 rings (SSSR count). The van der Waals surface area contributed by atoms with Crippen LogP contribution in [0.15, 0.2) is 24.3 Å². The van der Waals surface area contributed by atoms with Crippen molar-refractivity contribution >= 4 is 22.9 Å². The Morgan fingerprint density at radius 1 is 1.42 bits per heavy atom. The minimum absolute atomic E-state index is 0.124. The molecule has 0 spiro atoms. The number of benzene rings is 1. The van der Waals surface area contributed by atoms with Gasteiger partial charge in [0.25, 0.3) is 0 Å². The lowest BCUT2D eigenvalue weighted by Gasteiger charge is -2.23. The van der Waals surface area contributed by atoms with Crippen LogP contribution in [0, 0.1) is 5.92 Å². The number of amides is 1. The second-order valence-corrected chi connectivity index (χ2v) is 5.19. The van der Waals surface area contributed by atoms with E-state index >= 15 is 0 Å². The molecule has 0 saturated heterocycles. The maximum Gasteiger partial charge on any atom is 0.229 e. The molecule has 100 valence electrons. The standard InChI is InChI=1S/C15H19N3O/c1-2-10-18-13-9-4-3-8-12(13)16-15(18)17-14(19)11-6-5-7-11/h3-4,8-9,11H,2,5-7,10H2,1H3,(H,16,17,19). The average molecular weight is 257 g/mol. The van der Waals surface area contributed by atoms with Gasteiger partial charge in [-0.2, -0.15) is 0 Å². The van der Waals surface area contributed by atoms with Crippen molar-refractivity contribution in [3.05, 3.63) is 24.3 Å². The lowest BCUT2D eigenvalue weighted by atomic mass is 9.85. The smallest absolute Gasteiger partial charge is 0.229 e. The molecule has 1 aliphatic carbocycles. The normalized spacial score (nSPS) is 15.4. The zero-order chi connectivity index (χ0) is 13.2. The van der Waals surface area contributed by atoms with Crippen LogP contribution < -0.4 is 5.32 Å². The SMILES string of the molecule is CCCn1c(NC(=O)C2CCC2)nc2ccccc21. The molecule has 1 amide bonds. The Morgan fingerprint density at radius 3 is 2.89 bits per heavy atom. The minimum atomic E-state index is 0.124. The number of para-hydroxylation sites is 2. The van der Waals surface area contributed by atoms with Gasteiger partial charge in [-0.3, -0.25) is 10.1 Å². The van der Waals surface area contributed by atoms with Gasteiger partial charge in [0, 0.05) is 12.5 Å². The summed E-state index contributed by atoms with van der Waals surface area (Å²) in [6.07, 6.45) is 4.22. The first-order valence-corrected chi connectivity index (χ1v) is 7.05. The number of fused-ring (bicyclic) bond motifs is 1. The van der Waals surface area contributed by atoms with E-state index in [-0.39, 0.29) is 11.8 Å². The van der Waals surface area contributed by atoms with Gasteiger partial charge in [0.2, 0.25) is 11.9 Å². The first-order valence-electron chi connectivity index (χ1n) is 7.05. The summed E-state index contributed by atoms with van der Waals surface area (Å²) in [5.74, 6) is 1.01. The second kappa shape index (κ2) is 5.03. The number of anilines is 1. The van der Waals surface area contributed by atoms with Crippen molar-refractivity contribution in [1.29, 1.82) is 0 Å². The zero-order valence-corrected chi connectivity index (χ0v) is 11.2. The number of hydrogen-bond donors (Lipinski definition) is 1. The second-order valence-electron chi connectivity index (χ2n) is 5.19. The van der Waals surface area contributed by atoms with Crippen LogP contribution in [0.3, 0.4) is 0 Å². The molecule has 1 aromatic heterocycles. The molecule has 4 heteroatoms. The maximum atomic E-state index is 12.1. The number of carbonyl (C=O) groups is 1. The van der Waals surface area contributed by atoms with Crippen molar-refractivity contribution in [3.63, 3.8) is 0 Å². The monoisotopic (exact) mass is 257 g/mol. The van der Waals surface area contributed by atoms with Crippen molar-refractivity contribution in [2.24, 2.45) is 5.92 Å². The van der Waals surface area contributed by atoms with E-state index in [2.05, 4.69) is 27.9 Å². The van der Waals surface area contributed by atoms with Crippen molar-refractivity contribution in [1.82, 2.24) is 9.55 Å². The zero-order valence-electron chi connectivity index (χ0n) is 11.2. The van der Waals surface area contributed by atoms with Crippen molar-refractivity contribution in [3.8, 4) is 0 Å². The summed E-state index contributed by atoms with van der Waals surface area (Å²) in [5, 5.41) is 3.00. The van der Waals surface area contributed by atoms with E-state index in [1.165, 1.54) is 6.42 Å². The Hall–Kier alpha value is -1.84. The molecule has 1 heterocycles. The molecule has 1 fully saturated rings. The Bertz CT molecular complexity index is 598. The molecule has 1 aliphatic rings. The topological polar surface area (TPSA) is 46.9 Å². The van der Waals surface area contributed by atoms with Crippen molar-refractivity contribution in [2.45, 2.75) is 39.2 Å². The van der Waals surface area contributed by atoms with Gasteiger partial charge in [-0.15, -0.1) is 0 Å². The number of carbonyl (C=O) groups excluding carboxylic acids is 1. The third-order valence-corrected chi connectivity index (χ3v) is 3.81. The molecule has 0 bridgehead atoms. The highest BCUT2D eigenvalue weighted by Gasteiger charge is 2.26. The Balaban J connectivity index is 1.92. The van der Waals surface area contributed by atoms with Crippen LogP contribution in [0.1, 0.15) is 32.6 Å². The summed E-state index contributed by atoms with van der Waals surface area (Å²) in [7, 11) is 0. The number of nitrogens with zero attached hydrogens (tertiary/aromatic N) is 2.